The normalized spacial score (nSPS) is 17.0. The number of benzene rings is 1. The Bertz CT molecular complexity index is 914. The van der Waals surface area contributed by atoms with Crippen LogP contribution in [-0.2, 0) is 16.6 Å². The summed E-state index contributed by atoms with van der Waals surface area (Å²) < 4.78 is 21.2. The fourth-order valence-corrected chi connectivity index (χ4v) is 3.00. The van der Waals surface area contributed by atoms with Crippen molar-refractivity contribution in [3.63, 3.8) is 0 Å². The van der Waals surface area contributed by atoms with Crippen molar-refractivity contribution in [3.8, 4) is 0 Å². The second-order valence-electron chi connectivity index (χ2n) is 6.08. The summed E-state index contributed by atoms with van der Waals surface area (Å²) in [4.78, 5) is 21.5. The number of hydrogen-bond donors (Lipinski definition) is 1. The standard InChI is InChI=1S/C19H21FN4O2/c1-5-26-19(25)15-12(3)22-17(18-21-9-10-24(18)4)23-16(15)13-7-6-8-14(20)11(13)2/h6-10,16H,5H2,1-4H3,(H,22,23)/t16-/m0/s1. The van der Waals surface area contributed by atoms with Crippen molar-refractivity contribution in [2.24, 2.45) is 12.0 Å². The van der Waals surface area contributed by atoms with Crippen molar-refractivity contribution in [2.75, 3.05) is 6.61 Å². The minimum atomic E-state index is -0.669. The van der Waals surface area contributed by atoms with Crippen LogP contribution < -0.4 is 5.32 Å². The van der Waals surface area contributed by atoms with E-state index in [4.69, 9.17) is 4.74 Å². The Kier molecular flexibility index (Phi) is 4.88. The number of halogens is 1. The predicted molar refractivity (Wildman–Crippen MR) is 96.1 cm³/mol. The second-order valence-corrected chi connectivity index (χ2v) is 6.08. The number of carbonyl (C=O) groups is 1. The average Bonchev–Trinajstić information content (AvgIpc) is 3.03. The van der Waals surface area contributed by atoms with Crippen LogP contribution in [0.4, 0.5) is 4.39 Å². The van der Waals surface area contributed by atoms with Gasteiger partial charge in [-0.05, 0) is 38.0 Å². The molecule has 2 aromatic rings. The van der Waals surface area contributed by atoms with Crippen molar-refractivity contribution in [3.05, 3.63) is 64.6 Å². The summed E-state index contributed by atoms with van der Waals surface area (Å²) >= 11 is 0. The van der Waals surface area contributed by atoms with Gasteiger partial charge in [0.1, 0.15) is 11.9 Å². The van der Waals surface area contributed by atoms with Gasteiger partial charge >= 0.3 is 5.97 Å². The highest BCUT2D eigenvalue weighted by molar-refractivity contribution is 6.01. The molecule has 1 aromatic carbocycles. The predicted octanol–water partition coefficient (Wildman–Crippen LogP) is 2.80. The Balaban J connectivity index is 2.15. The first-order valence-corrected chi connectivity index (χ1v) is 8.39. The highest BCUT2D eigenvalue weighted by Crippen LogP contribution is 2.34. The third-order valence-electron chi connectivity index (χ3n) is 4.37. The number of aryl methyl sites for hydroxylation is 1. The van der Waals surface area contributed by atoms with Crippen LogP contribution >= 0.6 is 0 Å². The monoisotopic (exact) mass is 356 g/mol. The molecule has 0 bridgehead atoms. The van der Waals surface area contributed by atoms with Gasteiger partial charge in [-0.1, -0.05) is 12.1 Å². The molecule has 0 unspecified atom stereocenters. The van der Waals surface area contributed by atoms with Crippen molar-refractivity contribution in [1.29, 1.82) is 0 Å². The summed E-state index contributed by atoms with van der Waals surface area (Å²) in [6.07, 6.45) is 3.48. The van der Waals surface area contributed by atoms with Crippen LogP contribution in [0.15, 0.2) is 46.9 Å². The molecule has 0 fully saturated rings. The lowest BCUT2D eigenvalue weighted by Crippen LogP contribution is -2.34. The Labute approximate surface area is 151 Å². The highest BCUT2D eigenvalue weighted by Gasteiger charge is 2.32. The van der Waals surface area contributed by atoms with Crippen LogP contribution in [0.25, 0.3) is 0 Å². The maximum Gasteiger partial charge on any atom is 0.338 e. The largest absolute Gasteiger partial charge is 0.463 e. The molecule has 6 nitrogen and oxygen atoms in total. The van der Waals surface area contributed by atoms with Gasteiger partial charge in [-0.3, -0.25) is 4.99 Å². The molecule has 0 aliphatic carbocycles. The van der Waals surface area contributed by atoms with Gasteiger partial charge in [-0.25, -0.2) is 14.2 Å². The Morgan fingerprint density at radius 3 is 2.81 bits per heavy atom. The molecule has 1 aliphatic heterocycles. The summed E-state index contributed by atoms with van der Waals surface area (Å²) in [5.74, 6) is 0.354. The molecule has 0 spiro atoms. The summed E-state index contributed by atoms with van der Waals surface area (Å²) in [5, 5.41) is 3.13. The average molecular weight is 356 g/mol. The van der Waals surface area contributed by atoms with Crippen LogP contribution in [0.1, 0.15) is 36.8 Å². The lowest BCUT2D eigenvalue weighted by Gasteiger charge is -2.26. The van der Waals surface area contributed by atoms with Gasteiger partial charge in [0.05, 0.1) is 12.2 Å². The molecule has 26 heavy (non-hydrogen) atoms. The highest BCUT2D eigenvalue weighted by atomic mass is 19.1. The number of allylic oxidation sites excluding steroid dienone is 1. The molecule has 136 valence electrons. The lowest BCUT2D eigenvalue weighted by atomic mass is 9.92. The van der Waals surface area contributed by atoms with Crippen LogP contribution in [0, 0.1) is 12.7 Å². The first-order chi connectivity index (χ1) is 12.4. The molecule has 0 saturated heterocycles. The minimum Gasteiger partial charge on any atom is -0.463 e. The molecule has 7 heteroatoms. The van der Waals surface area contributed by atoms with E-state index in [-0.39, 0.29) is 12.4 Å². The van der Waals surface area contributed by atoms with Gasteiger partial charge in [-0.2, -0.15) is 0 Å². The van der Waals surface area contributed by atoms with Crippen molar-refractivity contribution in [1.82, 2.24) is 14.9 Å². The number of ether oxygens (including phenoxy) is 1. The zero-order valence-corrected chi connectivity index (χ0v) is 15.2. The van der Waals surface area contributed by atoms with Crippen LogP contribution in [0.2, 0.25) is 0 Å². The number of nitrogens with one attached hydrogen (secondary N) is 1. The Morgan fingerprint density at radius 2 is 2.15 bits per heavy atom. The zero-order chi connectivity index (χ0) is 18.8. The number of hydrogen-bond acceptors (Lipinski definition) is 5. The first-order valence-electron chi connectivity index (χ1n) is 8.39. The maximum absolute atomic E-state index is 14.1. The maximum atomic E-state index is 14.1. The van der Waals surface area contributed by atoms with Gasteiger partial charge in [0.15, 0.2) is 11.7 Å². The number of carbonyl (C=O) groups excluding carboxylic acids is 1. The van der Waals surface area contributed by atoms with Crippen molar-refractivity contribution < 1.29 is 13.9 Å². The number of nitrogens with zero attached hydrogens (tertiary/aromatic N) is 3. The fraction of sp³-hybridized carbons (Fsp3) is 0.316. The van der Waals surface area contributed by atoms with Crippen LogP contribution in [0.3, 0.4) is 0 Å². The second kappa shape index (κ2) is 7.11. The number of amidine groups is 1. The minimum absolute atomic E-state index is 0.250. The summed E-state index contributed by atoms with van der Waals surface area (Å²) in [6, 6.07) is 4.12. The van der Waals surface area contributed by atoms with E-state index in [1.165, 1.54) is 6.07 Å². The smallest absolute Gasteiger partial charge is 0.338 e. The molecule has 1 N–H and O–H groups in total. The van der Waals surface area contributed by atoms with E-state index in [1.54, 1.807) is 39.1 Å². The summed E-state index contributed by atoms with van der Waals surface area (Å²) in [7, 11) is 1.86. The lowest BCUT2D eigenvalue weighted by molar-refractivity contribution is -0.138. The van der Waals surface area contributed by atoms with Crippen LogP contribution in [0.5, 0.6) is 0 Å². The quantitative estimate of drug-likeness (QED) is 0.856. The number of aromatic nitrogens is 2. The number of aliphatic imine (C=N–C) groups is 1. The Morgan fingerprint density at radius 1 is 1.38 bits per heavy atom. The fourth-order valence-electron chi connectivity index (χ4n) is 3.00. The van der Waals surface area contributed by atoms with Gasteiger partial charge in [0, 0.05) is 25.1 Å². The number of esters is 1. The molecule has 3 rings (SSSR count). The third kappa shape index (κ3) is 3.12. The molecule has 2 heterocycles. The van der Waals surface area contributed by atoms with E-state index >= 15 is 0 Å². The van der Waals surface area contributed by atoms with E-state index in [0.29, 0.717) is 34.1 Å². The summed E-state index contributed by atoms with van der Waals surface area (Å²) in [5.41, 5.74) is 2.07. The van der Waals surface area contributed by atoms with Crippen molar-refractivity contribution in [2.45, 2.75) is 26.8 Å². The summed E-state index contributed by atoms with van der Waals surface area (Å²) in [6.45, 7) is 5.46. The van der Waals surface area contributed by atoms with E-state index in [2.05, 4.69) is 15.3 Å². The topological polar surface area (TPSA) is 68.5 Å². The first kappa shape index (κ1) is 17.8. The van der Waals surface area contributed by atoms with Gasteiger partial charge in [-0.15, -0.1) is 0 Å². The number of imidazole rings is 1. The number of rotatable bonds is 4. The third-order valence-corrected chi connectivity index (χ3v) is 4.37. The van der Waals surface area contributed by atoms with Gasteiger partial charge < -0.3 is 14.6 Å². The molecule has 1 aromatic heterocycles. The molecule has 0 saturated carbocycles. The SMILES string of the molecule is CCOC(=O)C1=C(C)NC(c2nccn2C)=N[C@H]1c1cccc(F)c1C. The molecule has 1 atom stereocenters. The van der Waals surface area contributed by atoms with E-state index < -0.39 is 12.0 Å². The van der Waals surface area contributed by atoms with Crippen LogP contribution in [-0.4, -0.2) is 28.0 Å². The molecular weight excluding hydrogens is 335 g/mol. The molecule has 0 radical (unpaired) electrons. The zero-order valence-electron chi connectivity index (χ0n) is 15.2. The van der Waals surface area contributed by atoms with Gasteiger partial charge in [0.25, 0.3) is 0 Å². The van der Waals surface area contributed by atoms with E-state index in [1.807, 2.05) is 17.8 Å². The molecule has 0 amide bonds. The van der Waals surface area contributed by atoms with Crippen molar-refractivity contribution >= 4 is 11.8 Å². The molecule has 1 aliphatic rings. The van der Waals surface area contributed by atoms with E-state index in [0.717, 1.165) is 0 Å². The Hall–Kier alpha value is -2.96. The van der Waals surface area contributed by atoms with E-state index in [9.17, 15) is 9.18 Å². The van der Waals surface area contributed by atoms with Gasteiger partial charge in [0.2, 0.25) is 0 Å². The molecular formula is C19H21FN4O2.